The van der Waals surface area contributed by atoms with Crippen LogP contribution in [0.4, 0.5) is 0 Å². The van der Waals surface area contributed by atoms with E-state index in [-0.39, 0.29) is 0 Å². The number of rotatable bonds is 4. The maximum atomic E-state index is 2.38. The Morgan fingerprint density at radius 1 is 0.786 bits per heavy atom. The first kappa shape index (κ1) is 18.1. The summed E-state index contributed by atoms with van der Waals surface area (Å²) in [7, 11) is 0. The summed E-state index contributed by atoms with van der Waals surface area (Å²) in [6, 6.07) is 24.1. The van der Waals surface area contributed by atoms with Gasteiger partial charge in [0.2, 0.25) is 0 Å². The Morgan fingerprint density at radius 3 is 2.04 bits per heavy atom. The zero-order chi connectivity index (χ0) is 19.5. The maximum Gasteiger partial charge on any atom is 0.0541 e. The van der Waals surface area contributed by atoms with Gasteiger partial charge in [-0.3, -0.25) is 0 Å². The Labute approximate surface area is 166 Å². The molecule has 4 aromatic rings. The summed E-state index contributed by atoms with van der Waals surface area (Å²) in [5.74, 6) is 0. The molecule has 0 aliphatic carbocycles. The molecule has 0 amide bonds. The molecule has 0 saturated carbocycles. The first-order chi connectivity index (χ1) is 13.7. The normalized spacial score (nSPS) is 12.8. The van der Waals surface area contributed by atoms with Crippen molar-refractivity contribution in [3.8, 4) is 5.69 Å². The van der Waals surface area contributed by atoms with E-state index in [1.54, 1.807) is 0 Å². The lowest BCUT2D eigenvalue weighted by Gasteiger charge is -2.12. The molecule has 0 saturated heterocycles. The first-order valence-corrected chi connectivity index (χ1v) is 9.79. The van der Waals surface area contributed by atoms with Crippen molar-refractivity contribution in [2.75, 3.05) is 0 Å². The summed E-state index contributed by atoms with van der Waals surface area (Å²) < 4.78 is 2.38. The molecule has 0 aliphatic heterocycles. The fourth-order valence-electron chi connectivity index (χ4n) is 3.89. The topological polar surface area (TPSA) is 4.93 Å². The van der Waals surface area contributed by atoms with Crippen LogP contribution in [-0.2, 0) is 0 Å². The molecule has 0 N–H and O–H groups in total. The van der Waals surface area contributed by atoms with Crippen LogP contribution >= 0.6 is 0 Å². The number of hydrogen-bond acceptors (Lipinski definition) is 0. The molecule has 0 bridgehead atoms. The fourth-order valence-corrected chi connectivity index (χ4v) is 3.89. The molecular formula is C27H25N. The lowest BCUT2D eigenvalue weighted by atomic mass is 10.0. The standard InChI is InChI=1S/C27H25N/c1-4-6-7-12-21(5-2)22-17-20(3)18-23(19-22)28-26-15-10-8-13-24(26)25-14-9-11-16-27(25)28/h4-19H,1-3H3/b6-4+,12-7-,21-5+. The van der Waals surface area contributed by atoms with E-state index in [4.69, 9.17) is 0 Å². The minimum atomic E-state index is 1.20. The average Bonchev–Trinajstić information content (AvgIpc) is 3.05. The number of allylic oxidation sites excluding steroid dienone is 6. The Balaban J connectivity index is 1.97. The molecule has 0 atom stereocenters. The number of aromatic nitrogens is 1. The van der Waals surface area contributed by atoms with Crippen LogP contribution < -0.4 is 0 Å². The van der Waals surface area contributed by atoms with E-state index in [0.29, 0.717) is 0 Å². The Morgan fingerprint density at radius 2 is 1.43 bits per heavy atom. The number of aryl methyl sites for hydroxylation is 1. The van der Waals surface area contributed by atoms with Crippen molar-refractivity contribution in [2.45, 2.75) is 20.8 Å². The van der Waals surface area contributed by atoms with Crippen molar-refractivity contribution >= 4 is 27.4 Å². The largest absolute Gasteiger partial charge is 0.309 e. The van der Waals surface area contributed by atoms with Crippen molar-refractivity contribution in [2.24, 2.45) is 0 Å². The molecule has 1 aromatic heterocycles. The molecule has 138 valence electrons. The van der Waals surface area contributed by atoms with Gasteiger partial charge in [-0.15, -0.1) is 0 Å². The van der Waals surface area contributed by atoms with Gasteiger partial charge in [-0.05, 0) is 61.7 Å². The van der Waals surface area contributed by atoms with Gasteiger partial charge in [0, 0.05) is 16.5 Å². The van der Waals surface area contributed by atoms with Crippen LogP contribution in [0.2, 0.25) is 0 Å². The van der Waals surface area contributed by atoms with E-state index in [2.05, 4.69) is 109 Å². The van der Waals surface area contributed by atoms with Crippen molar-refractivity contribution < 1.29 is 0 Å². The summed E-state index contributed by atoms with van der Waals surface area (Å²) in [6.45, 7) is 6.30. The lowest BCUT2D eigenvalue weighted by molar-refractivity contribution is 1.17. The first-order valence-electron chi connectivity index (χ1n) is 9.79. The molecule has 1 heterocycles. The minimum Gasteiger partial charge on any atom is -0.309 e. The Bertz CT molecular complexity index is 1180. The summed E-state index contributed by atoms with van der Waals surface area (Å²) in [5.41, 5.74) is 7.40. The highest BCUT2D eigenvalue weighted by Gasteiger charge is 2.12. The van der Waals surface area contributed by atoms with Crippen molar-refractivity contribution in [3.05, 3.63) is 108 Å². The molecule has 0 spiro atoms. The zero-order valence-corrected chi connectivity index (χ0v) is 16.7. The van der Waals surface area contributed by atoms with Crippen molar-refractivity contribution in [1.82, 2.24) is 4.57 Å². The molecule has 0 fully saturated rings. The summed E-state index contributed by atoms with van der Waals surface area (Å²) in [4.78, 5) is 0. The molecule has 3 aromatic carbocycles. The molecule has 0 unspecified atom stereocenters. The molecule has 1 heteroatoms. The monoisotopic (exact) mass is 363 g/mol. The number of para-hydroxylation sites is 2. The van der Waals surface area contributed by atoms with Crippen molar-refractivity contribution in [1.29, 1.82) is 0 Å². The van der Waals surface area contributed by atoms with Crippen LogP contribution in [-0.4, -0.2) is 4.57 Å². The third-order valence-electron chi connectivity index (χ3n) is 5.12. The van der Waals surface area contributed by atoms with Gasteiger partial charge >= 0.3 is 0 Å². The predicted molar refractivity (Wildman–Crippen MR) is 123 cm³/mol. The number of benzene rings is 3. The summed E-state index contributed by atoms with van der Waals surface area (Å²) in [5, 5.41) is 2.58. The molecule has 4 rings (SSSR count). The minimum absolute atomic E-state index is 1.20. The van der Waals surface area contributed by atoms with Gasteiger partial charge in [-0.25, -0.2) is 0 Å². The number of fused-ring (bicyclic) bond motifs is 3. The Kier molecular flexibility index (Phi) is 4.99. The number of hydrogen-bond donors (Lipinski definition) is 0. The quantitative estimate of drug-likeness (QED) is 0.328. The number of nitrogens with zero attached hydrogens (tertiary/aromatic N) is 1. The third-order valence-corrected chi connectivity index (χ3v) is 5.12. The average molecular weight is 364 g/mol. The molecule has 0 aliphatic rings. The second-order valence-electron chi connectivity index (χ2n) is 7.06. The highest BCUT2D eigenvalue weighted by atomic mass is 15.0. The van der Waals surface area contributed by atoms with E-state index in [0.717, 1.165) is 0 Å². The fraction of sp³-hybridized carbons (Fsp3) is 0.111. The second kappa shape index (κ2) is 7.74. The highest BCUT2D eigenvalue weighted by molar-refractivity contribution is 6.09. The van der Waals surface area contributed by atoms with Gasteiger partial charge in [0.1, 0.15) is 0 Å². The van der Waals surface area contributed by atoms with Gasteiger partial charge in [-0.1, -0.05) is 72.8 Å². The van der Waals surface area contributed by atoms with Crippen LogP contribution in [0, 0.1) is 6.92 Å². The van der Waals surface area contributed by atoms with Crippen LogP contribution in [0.25, 0.3) is 33.1 Å². The van der Waals surface area contributed by atoms with Crippen LogP contribution in [0.5, 0.6) is 0 Å². The van der Waals surface area contributed by atoms with Crippen LogP contribution in [0.1, 0.15) is 25.0 Å². The van der Waals surface area contributed by atoms with Gasteiger partial charge in [0.25, 0.3) is 0 Å². The molecule has 28 heavy (non-hydrogen) atoms. The van der Waals surface area contributed by atoms with Gasteiger partial charge in [0.05, 0.1) is 11.0 Å². The SMILES string of the molecule is C/C=C/C=C\C(=C/C)c1cc(C)cc(-n2c3ccccc3c3ccccc32)c1. The summed E-state index contributed by atoms with van der Waals surface area (Å²) in [6.07, 6.45) is 10.5. The predicted octanol–water partition coefficient (Wildman–Crippen LogP) is 7.63. The highest BCUT2D eigenvalue weighted by Crippen LogP contribution is 2.33. The van der Waals surface area contributed by atoms with Gasteiger partial charge < -0.3 is 4.57 Å². The van der Waals surface area contributed by atoms with E-state index < -0.39 is 0 Å². The lowest BCUT2D eigenvalue weighted by Crippen LogP contribution is -1.96. The molecule has 0 radical (unpaired) electrons. The van der Waals surface area contributed by atoms with Crippen LogP contribution in [0.3, 0.4) is 0 Å². The van der Waals surface area contributed by atoms with E-state index in [1.165, 1.54) is 44.2 Å². The van der Waals surface area contributed by atoms with Gasteiger partial charge in [0.15, 0.2) is 0 Å². The van der Waals surface area contributed by atoms with Crippen molar-refractivity contribution in [3.63, 3.8) is 0 Å². The Hall–Kier alpha value is -3.32. The van der Waals surface area contributed by atoms with E-state index >= 15 is 0 Å². The second-order valence-corrected chi connectivity index (χ2v) is 7.06. The zero-order valence-electron chi connectivity index (χ0n) is 16.7. The van der Waals surface area contributed by atoms with Crippen LogP contribution in [0.15, 0.2) is 97.1 Å². The van der Waals surface area contributed by atoms with E-state index in [9.17, 15) is 0 Å². The molecular weight excluding hydrogens is 338 g/mol. The molecule has 1 nitrogen and oxygen atoms in total. The summed E-state index contributed by atoms with van der Waals surface area (Å²) >= 11 is 0. The third kappa shape index (κ3) is 3.20. The van der Waals surface area contributed by atoms with Gasteiger partial charge in [-0.2, -0.15) is 0 Å². The smallest absolute Gasteiger partial charge is 0.0541 e. The maximum absolute atomic E-state index is 2.38. The van der Waals surface area contributed by atoms with E-state index in [1.807, 2.05) is 13.0 Å².